The van der Waals surface area contributed by atoms with Crippen molar-refractivity contribution < 1.29 is 14.3 Å². The summed E-state index contributed by atoms with van der Waals surface area (Å²) >= 11 is 6.86. The molecule has 0 radical (unpaired) electrons. The molecule has 184 valence electrons. The predicted octanol–water partition coefficient (Wildman–Crippen LogP) is 6.15. The van der Waals surface area contributed by atoms with Crippen LogP contribution in [-0.4, -0.2) is 34.9 Å². The highest BCUT2D eigenvalue weighted by Crippen LogP contribution is 2.20. The number of hydrogen-bond acceptors (Lipinski definition) is 3. The van der Waals surface area contributed by atoms with E-state index in [1.807, 2.05) is 87.5 Å². The second kappa shape index (κ2) is 12.4. The van der Waals surface area contributed by atoms with E-state index in [4.69, 9.17) is 4.74 Å². The normalized spacial score (nSPS) is 12.0. The zero-order chi connectivity index (χ0) is 25.4. The van der Waals surface area contributed by atoms with E-state index in [1.165, 1.54) is 0 Å². The molecule has 3 aromatic rings. The zero-order valence-corrected chi connectivity index (χ0v) is 23.3. The van der Waals surface area contributed by atoms with Crippen molar-refractivity contribution in [2.24, 2.45) is 0 Å². The minimum Gasteiger partial charge on any atom is -0.484 e. The van der Waals surface area contributed by atoms with Gasteiger partial charge in [-0.05, 0) is 68.3 Å². The van der Waals surface area contributed by atoms with Crippen molar-refractivity contribution >= 4 is 43.7 Å². The average molecular weight is 602 g/mol. The van der Waals surface area contributed by atoms with Gasteiger partial charge in [-0.2, -0.15) is 0 Å². The molecule has 0 fully saturated rings. The number of carbonyl (C=O) groups is 2. The van der Waals surface area contributed by atoms with Gasteiger partial charge in [0.25, 0.3) is 5.91 Å². The highest BCUT2D eigenvalue weighted by atomic mass is 79.9. The summed E-state index contributed by atoms with van der Waals surface area (Å²) in [4.78, 5) is 28.7. The van der Waals surface area contributed by atoms with Gasteiger partial charge in [-0.1, -0.05) is 74.3 Å². The van der Waals surface area contributed by atoms with Gasteiger partial charge in [-0.25, -0.2) is 0 Å². The lowest BCUT2D eigenvalue weighted by Crippen LogP contribution is -2.55. The van der Waals surface area contributed by atoms with E-state index < -0.39 is 11.6 Å². The van der Waals surface area contributed by atoms with Gasteiger partial charge in [0.15, 0.2) is 6.61 Å². The molecule has 0 aromatic heterocycles. The van der Waals surface area contributed by atoms with Crippen molar-refractivity contribution in [3.05, 3.63) is 98.9 Å². The molecular formula is C28H30Br2N2O3. The van der Waals surface area contributed by atoms with Gasteiger partial charge in [0.2, 0.25) is 5.91 Å². The maximum absolute atomic E-state index is 13.6. The van der Waals surface area contributed by atoms with E-state index in [2.05, 4.69) is 37.2 Å². The Bertz CT molecular complexity index is 1110. The molecule has 1 atom stereocenters. The molecule has 7 heteroatoms. The molecule has 2 amide bonds. The van der Waals surface area contributed by atoms with Crippen molar-refractivity contribution in [1.29, 1.82) is 0 Å². The number of amides is 2. The summed E-state index contributed by atoms with van der Waals surface area (Å²) < 4.78 is 7.66. The van der Waals surface area contributed by atoms with Gasteiger partial charge < -0.3 is 15.0 Å². The van der Waals surface area contributed by atoms with Crippen molar-refractivity contribution in [3.63, 3.8) is 0 Å². The molecule has 5 nitrogen and oxygen atoms in total. The van der Waals surface area contributed by atoms with E-state index in [9.17, 15) is 9.59 Å². The summed E-state index contributed by atoms with van der Waals surface area (Å²) in [5, 5.41) is 3.06. The van der Waals surface area contributed by atoms with Gasteiger partial charge in [-0.3, -0.25) is 9.59 Å². The molecule has 0 aliphatic rings. The number of hydrogen-bond donors (Lipinski definition) is 1. The van der Waals surface area contributed by atoms with Crippen LogP contribution in [-0.2, 0) is 22.6 Å². The van der Waals surface area contributed by atoms with Gasteiger partial charge in [0.05, 0.1) is 0 Å². The molecular weight excluding hydrogens is 572 g/mol. The molecule has 1 N–H and O–H groups in total. The Labute approximate surface area is 224 Å². The summed E-state index contributed by atoms with van der Waals surface area (Å²) in [6, 6.07) is 24.1. The van der Waals surface area contributed by atoms with Crippen LogP contribution in [0.5, 0.6) is 5.75 Å². The molecule has 0 spiro atoms. The molecule has 0 aliphatic heterocycles. The number of nitrogens with one attached hydrogen (secondary N) is 1. The summed E-state index contributed by atoms with van der Waals surface area (Å²) in [6.45, 7) is 5.91. The first-order valence-corrected chi connectivity index (χ1v) is 13.0. The number of benzene rings is 3. The minimum absolute atomic E-state index is 0.174. The third-order valence-corrected chi connectivity index (χ3v) is 6.27. The van der Waals surface area contributed by atoms with Crippen LogP contribution in [0.1, 0.15) is 31.9 Å². The zero-order valence-electron chi connectivity index (χ0n) is 20.1. The van der Waals surface area contributed by atoms with E-state index in [-0.39, 0.29) is 25.0 Å². The molecule has 0 unspecified atom stereocenters. The van der Waals surface area contributed by atoms with Crippen LogP contribution in [0.2, 0.25) is 0 Å². The molecule has 0 heterocycles. The third kappa shape index (κ3) is 8.82. The number of ether oxygens (including phenoxy) is 1. The molecule has 0 bridgehead atoms. The van der Waals surface area contributed by atoms with Crippen molar-refractivity contribution in [1.82, 2.24) is 10.2 Å². The lowest BCUT2D eigenvalue weighted by molar-refractivity contribution is -0.143. The SMILES string of the molecule is CC(C)(C)NC(=O)[C@@H](Cc1ccccc1)N(Cc1ccc(Br)cc1)C(=O)COc1ccc(Br)cc1. The maximum Gasteiger partial charge on any atom is 0.261 e. The van der Waals surface area contributed by atoms with Crippen LogP contribution in [0.25, 0.3) is 0 Å². The van der Waals surface area contributed by atoms with Crippen LogP contribution in [0.15, 0.2) is 87.8 Å². The largest absolute Gasteiger partial charge is 0.484 e. The smallest absolute Gasteiger partial charge is 0.261 e. The molecule has 3 aromatic carbocycles. The molecule has 0 saturated carbocycles. The fourth-order valence-corrected chi connectivity index (χ4v) is 4.08. The molecule has 35 heavy (non-hydrogen) atoms. The lowest BCUT2D eigenvalue weighted by atomic mass is 10.0. The Hall–Kier alpha value is -2.64. The molecule has 0 saturated heterocycles. The number of carbonyl (C=O) groups excluding carboxylic acids is 2. The van der Waals surface area contributed by atoms with E-state index in [1.54, 1.807) is 17.0 Å². The van der Waals surface area contributed by atoms with Crippen LogP contribution in [0.3, 0.4) is 0 Å². The highest BCUT2D eigenvalue weighted by Gasteiger charge is 2.32. The second-order valence-corrected chi connectivity index (χ2v) is 11.2. The predicted molar refractivity (Wildman–Crippen MR) is 146 cm³/mol. The maximum atomic E-state index is 13.6. The third-order valence-electron chi connectivity index (χ3n) is 5.21. The van der Waals surface area contributed by atoms with E-state index >= 15 is 0 Å². The average Bonchev–Trinajstić information content (AvgIpc) is 2.81. The summed E-state index contributed by atoms with van der Waals surface area (Å²) in [7, 11) is 0. The van der Waals surface area contributed by atoms with Gasteiger partial charge in [0, 0.05) is 27.4 Å². The van der Waals surface area contributed by atoms with Gasteiger partial charge in [0.1, 0.15) is 11.8 Å². The Morgan fingerprint density at radius 1 is 0.857 bits per heavy atom. The van der Waals surface area contributed by atoms with Gasteiger partial charge in [-0.15, -0.1) is 0 Å². The van der Waals surface area contributed by atoms with E-state index in [0.717, 1.165) is 20.1 Å². The molecule has 0 aliphatic carbocycles. The number of nitrogens with zero attached hydrogens (tertiary/aromatic N) is 1. The number of rotatable bonds is 9. The fourth-order valence-electron chi connectivity index (χ4n) is 3.55. The van der Waals surface area contributed by atoms with Crippen LogP contribution < -0.4 is 10.1 Å². The Kier molecular flexibility index (Phi) is 9.52. The minimum atomic E-state index is -0.707. The second-order valence-electron chi connectivity index (χ2n) is 9.34. The standard InChI is InChI=1S/C28H30Br2N2O3/c1-28(2,3)31-27(34)25(17-20-7-5-4-6-8-20)32(18-21-9-11-22(29)12-10-21)26(33)19-35-24-15-13-23(30)14-16-24/h4-16,25H,17-19H2,1-3H3,(H,31,34)/t25-/m1/s1. The Morgan fingerprint density at radius 3 is 2.00 bits per heavy atom. The quantitative estimate of drug-likeness (QED) is 0.320. The van der Waals surface area contributed by atoms with Crippen LogP contribution in [0.4, 0.5) is 0 Å². The van der Waals surface area contributed by atoms with Gasteiger partial charge >= 0.3 is 0 Å². The Balaban J connectivity index is 1.91. The summed E-state index contributed by atoms with van der Waals surface area (Å²) in [6.07, 6.45) is 0.392. The summed E-state index contributed by atoms with van der Waals surface area (Å²) in [5.74, 6) is 0.125. The van der Waals surface area contributed by atoms with Crippen molar-refractivity contribution in [3.8, 4) is 5.75 Å². The summed E-state index contributed by atoms with van der Waals surface area (Å²) in [5.41, 5.74) is 1.46. The van der Waals surface area contributed by atoms with E-state index in [0.29, 0.717) is 12.2 Å². The highest BCUT2D eigenvalue weighted by molar-refractivity contribution is 9.10. The van der Waals surface area contributed by atoms with Crippen LogP contribution in [0, 0.1) is 0 Å². The Morgan fingerprint density at radius 2 is 1.43 bits per heavy atom. The molecule has 3 rings (SSSR count). The first kappa shape index (κ1) is 27.0. The van der Waals surface area contributed by atoms with Crippen molar-refractivity contribution in [2.75, 3.05) is 6.61 Å². The first-order valence-electron chi connectivity index (χ1n) is 11.4. The first-order chi connectivity index (χ1) is 16.6. The lowest BCUT2D eigenvalue weighted by Gasteiger charge is -2.33. The monoisotopic (exact) mass is 600 g/mol. The topological polar surface area (TPSA) is 58.6 Å². The fraction of sp³-hybridized carbons (Fsp3) is 0.286. The van der Waals surface area contributed by atoms with Crippen LogP contribution >= 0.6 is 31.9 Å². The van der Waals surface area contributed by atoms with Crippen molar-refractivity contribution in [2.45, 2.75) is 45.3 Å². The number of halogens is 2.